The Kier molecular flexibility index (Phi) is 6.67. The van der Waals surface area contributed by atoms with Crippen LogP contribution in [0, 0.1) is 0 Å². The average molecular weight is 465 g/mol. The average Bonchev–Trinajstić information content (AvgIpc) is 2.83. The molecule has 0 saturated carbocycles. The number of aromatic nitrogens is 3. The molecule has 1 aliphatic heterocycles. The number of likely N-dealkylation sites (tertiary alicyclic amines) is 1. The van der Waals surface area contributed by atoms with Crippen molar-refractivity contribution in [1.29, 1.82) is 0 Å². The number of aliphatic imine (C=N–C) groups is 1. The van der Waals surface area contributed by atoms with E-state index in [2.05, 4.69) is 33.6 Å². The minimum atomic E-state index is -0.376. The Morgan fingerprint density at radius 3 is 2.82 bits per heavy atom. The maximum atomic E-state index is 13.4. The predicted molar refractivity (Wildman–Crippen MR) is 131 cm³/mol. The maximum Gasteiger partial charge on any atom is 0.273 e. The van der Waals surface area contributed by atoms with Crippen LogP contribution in [0.3, 0.4) is 0 Å². The highest BCUT2D eigenvalue weighted by molar-refractivity contribution is 6.36. The predicted octanol–water partition coefficient (Wildman–Crippen LogP) is 4.42. The number of aliphatic hydroxyl groups is 1. The summed E-state index contributed by atoms with van der Waals surface area (Å²) in [5.74, 6) is 0.298. The van der Waals surface area contributed by atoms with Gasteiger partial charge in [0.05, 0.1) is 28.6 Å². The smallest absolute Gasteiger partial charge is 0.273 e. The Balaban J connectivity index is 1.74. The number of hydrogen-bond donors (Lipinski definition) is 2. The standard InChI is InChI=1S/C24H25ClN6O2/c1-4-18-21(26-3)23(28-13-27-18)29-14(2)19-12-15-6-5-7-17(25)20(15)22(30-19)24(33)31-10-8-16(32)9-11-31/h4-7,12-14,16,32H,1,3,8-11H2,2H3,(H,27,28,29)/t14-/m0/s1. The lowest BCUT2D eigenvalue weighted by Gasteiger charge is -2.30. The van der Waals surface area contributed by atoms with Gasteiger partial charge in [-0.2, -0.15) is 0 Å². The van der Waals surface area contributed by atoms with Gasteiger partial charge in [0.25, 0.3) is 5.91 Å². The molecule has 2 aromatic heterocycles. The number of pyridine rings is 1. The van der Waals surface area contributed by atoms with Crippen LogP contribution in [0.2, 0.25) is 5.02 Å². The number of aliphatic hydroxyl groups excluding tert-OH is 1. The molecule has 0 bridgehead atoms. The van der Waals surface area contributed by atoms with Crippen molar-refractivity contribution in [2.75, 3.05) is 18.4 Å². The highest BCUT2D eigenvalue weighted by atomic mass is 35.5. The van der Waals surface area contributed by atoms with Crippen LogP contribution in [0.5, 0.6) is 0 Å². The first-order chi connectivity index (χ1) is 15.9. The van der Waals surface area contributed by atoms with Crippen LogP contribution in [0.15, 0.2) is 42.2 Å². The summed E-state index contributed by atoms with van der Waals surface area (Å²) in [5.41, 5.74) is 2.01. The molecule has 1 aromatic carbocycles. The van der Waals surface area contributed by atoms with E-state index in [0.717, 1.165) is 5.39 Å². The topological polar surface area (TPSA) is 104 Å². The third-order valence-electron chi connectivity index (χ3n) is 5.78. The number of carbonyl (C=O) groups excluding carboxylic acids is 1. The van der Waals surface area contributed by atoms with Gasteiger partial charge in [-0.15, -0.1) is 0 Å². The molecule has 0 spiro atoms. The van der Waals surface area contributed by atoms with Crippen LogP contribution < -0.4 is 5.32 Å². The van der Waals surface area contributed by atoms with Gasteiger partial charge in [0.15, 0.2) is 5.82 Å². The number of nitrogens with zero attached hydrogens (tertiary/aromatic N) is 5. The van der Waals surface area contributed by atoms with Crippen molar-refractivity contribution in [2.45, 2.75) is 31.9 Å². The molecule has 1 saturated heterocycles. The first kappa shape index (κ1) is 22.8. The molecule has 0 unspecified atom stereocenters. The lowest BCUT2D eigenvalue weighted by molar-refractivity contribution is 0.0543. The van der Waals surface area contributed by atoms with E-state index in [0.29, 0.717) is 64.9 Å². The number of piperidine rings is 1. The molecule has 3 aromatic rings. The summed E-state index contributed by atoms with van der Waals surface area (Å²) < 4.78 is 0. The molecule has 1 fully saturated rings. The van der Waals surface area contributed by atoms with E-state index >= 15 is 0 Å². The Labute approximate surface area is 197 Å². The van der Waals surface area contributed by atoms with Crippen molar-refractivity contribution in [2.24, 2.45) is 4.99 Å². The second-order valence-electron chi connectivity index (χ2n) is 7.94. The number of halogens is 1. The number of fused-ring (bicyclic) bond motifs is 1. The van der Waals surface area contributed by atoms with Gasteiger partial charge in [-0.25, -0.2) is 15.0 Å². The van der Waals surface area contributed by atoms with Crippen LogP contribution in [-0.4, -0.2) is 56.8 Å². The van der Waals surface area contributed by atoms with Gasteiger partial charge in [-0.3, -0.25) is 9.79 Å². The Morgan fingerprint density at radius 1 is 1.36 bits per heavy atom. The van der Waals surface area contributed by atoms with Crippen LogP contribution in [0.4, 0.5) is 11.5 Å². The third kappa shape index (κ3) is 4.58. The molecule has 9 heteroatoms. The van der Waals surface area contributed by atoms with Crippen molar-refractivity contribution in [3.8, 4) is 0 Å². The lowest BCUT2D eigenvalue weighted by Crippen LogP contribution is -2.40. The van der Waals surface area contributed by atoms with Crippen LogP contribution in [0.25, 0.3) is 16.8 Å². The van der Waals surface area contributed by atoms with Gasteiger partial charge in [0.1, 0.15) is 17.7 Å². The molecule has 1 atom stereocenters. The molecule has 3 heterocycles. The number of carbonyl (C=O) groups is 1. The Morgan fingerprint density at radius 2 is 2.12 bits per heavy atom. The van der Waals surface area contributed by atoms with Gasteiger partial charge in [-0.1, -0.05) is 30.3 Å². The number of rotatable bonds is 6. The molecular formula is C24H25ClN6O2. The summed E-state index contributed by atoms with van der Waals surface area (Å²) in [6, 6.07) is 7.11. The minimum Gasteiger partial charge on any atom is -0.393 e. The largest absolute Gasteiger partial charge is 0.393 e. The maximum absolute atomic E-state index is 13.4. The SMILES string of the molecule is C=Cc1ncnc(N[C@@H](C)c2cc3cccc(Cl)c3c(C(=O)N3CCC(O)CC3)n2)c1N=C. The molecule has 8 nitrogen and oxygen atoms in total. The second-order valence-corrected chi connectivity index (χ2v) is 8.35. The first-order valence-corrected chi connectivity index (χ1v) is 11.1. The first-order valence-electron chi connectivity index (χ1n) is 10.7. The summed E-state index contributed by atoms with van der Waals surface area (Å²) in [4.78, 5) is 32.4. The van der Waals surface area contributed by atoms with E-state index < -0.39 is 0 Å². The van der Waals surface area contributed by atoms with Crippen molar-refractivity contribution in [3.05, 3.63) is 59.3 Å². The molecule has 1 aliphatic rings. The number of anilines is 1. The molecule has 2 N–H and O–H groups in total. The number of benzene rings is 1. The second kappa shape index (κ2) is 9.64. The van der Waals surface area contributed by atoms with E-state index in [1.54, 1.807) is 17.0 Å². The van der Waals surface area contributed by atoms with Crippen molar-refractivity contribution >= 4 is 52.6 Å². The normalized spacial score (nSPS) is 15.3. The molecule has 33 heavy (non-hydrogen) atoms. The van der Waals surface area contributed by atoms with Crippen LogP contribution in [-0.2, 0) is 0 Å². The summed E-state index contributed by atoms with van der Waals surface area (Å²) in [6.45, 7) is 10.2. The highest BCUT2D eigenvalue weighted by Gasteiger charge is 2.26. The molecule has 170 valence electrons. The van der Waals surface area contributed by atoms with Gasteiger partial charge >= 0.3 is 0 Å². The van der Waals surface area contributed by atoms with Crippen LogP contribution in [0.1, 0.15) is 47.7 Å². The van der Waals surface area contributed by atoms with E-state index in [4.69, 9.17) is 16.6 Å². The van der Waals surface area contributed by atoms with Gasteiger partial charge < -0.3 is 15.3 Å². The third-order valence-corrected chi connectivity index (χ3v) is 6.10. The van der Waals surface area contributed by atoms with E-state index in [1.807, 2.05) is 25.1 Å². The Bertz CT molecular complexity index is 1220. The van der Waals surface area contributed by atoms with Gasteiger partial charge in [0.2, 0.25) is 0 Å². The van der Waals surface area contributed by atoms with E-state index in [1.165, 1.54) is 6.33 Å². The quantitative estimate of drug-likeness (QED) is 0.523. The zero-order valence-electron chi connectivity index (χ0n) is 18.3. The summed E-state index contributed by atoms with van der Waals surface area (Å²) in [6.07, 6.45) is 3.73. The fourth-order valence-electron chi connectivity index (χ4n) is 3.97. The lowest BCUT2D eigenvalue weighted by atomic mass is 10.0. The summed E-state index contributed by atoms with van der Waals surface area (Å²) in [5, 5.41) is 15.0. The minimum absolute atomic E-state index is 0.196. The molecule has 1 amide bonds. The van der Waals surface area contributed by atoms with Crippen molar-refractivity contribution in [3.63, 3.8) is 0 Å². The Hall–Kier alpha value is -3.36. The zero-order chi connectivity index (χ0) is 23.5. The van der Waals surface area contributed by atoms with E-state index in [9.17, 15) is 9.90 Å². The van der Waals surface area contributed by atoms with E-state index in [-0.39, 0.29) is 18.1 Å². The van der Waals surface area contributed by atoms with Gasteiger partial charge in [-0.05, 0) is 50.1 Å². The fraction of sp³-hybridized carbons (Fsp3) is 0.292. The molecular weight excluding hydrogens is 440 g/mol. The summed E-state index contributed by atoms with van der Waals surface area (Å²) in [7, 11) is 0. The number of hydrogen-bond acceptors (Lipinski definition) is 7. The summed E-state index contributed by atoms with van der Waals surface area (Å²) >= 11 is 6.49. The zero-order valence-corrected chi connectivity index (χ0v) is 19.1. The fourth-order valence-corrected chi connectivity index (χ4v) is 4.24. The monoisotopic (exact) mass is 464 g/mol. The number of amides is 1. The van der Waals surface area contributed by atoms with Crippen LogP contribution >= 0.6 is 11.6 Å². The highest BCUT2D eigenvalue weighted by Crippen LogP contribution is 2.32. The van der Waals surface area contributed by atoms with Crippen molar-refractivity contribution in [1.82, 2.24) is 19.9 Å². The number of nitrogens with one attached hydrogen (secondary N) is 1. The molecule has 4 rings (SSSR count). The van der Waals surface area contributed by atoms with Crippen molar-refractivity contribution < 1.29 is 9.90 Å². The molecule has 0 aliphatic carbocycles. The molecule has 0 radical (unpaired) electrons. The van der Waals surface area contributed by atoms with Gasteiger partial charge in [0, 0.05) is 18.5 Å².